The van der Waals surface area contributed by atoms with E-state index in [4.69, 9.17) is 11.5 Å². The van der Waals surface area contributed by atoms with E-state index in [1.807, 2.05) is 0 Å². The van der Waals surface area contributed by atoms with Gasteiger partial charge in [-0.2, -0.15) is 0 Å². The molecule has 0 aromatic carbocycles. The molecular weight excluding hydrogens is 114 g/mol. The summed E-state index contributed by atoms with van der Waals surface area (Å²) in [7, 11) is 0. The maximum atomic E-state index is 5.65. The molecule has 9 heavy (non-hydrogen) atoms. The predicted octanol–water partition coefficient (Wildman–Crippen LogP) is 0.377. The Bertz CT molecular complexity index is 64.7. The van der Waals surface area contributed by atoms with Gasteiger partial charge < -0.3 is 17.6 Å². The summed E-state index contributed by atoms with van der Waals surface area (Å²) < 4.78 is 0. The lowest BCUT2D eigenvalue weighted by Gasteiger charge is -2.24. The first-order valence-corrected chi connectivity index (χ1v) is 3.32. The Labute approximate surface area is 56.4 Å². The fourth-order valence-electron chi connectivity index (χ4n) is 1.19. The number of hydrogen-bond donors (Lipinski definition) is 3. The first kappa shape index (κ1) is 8.88. The van der Waals surface area contributed by atoms with Crippen molar-refractivity contribution in [3.63, 3.8) is 0 Å². The van der Waals surface area contributed by atoms with Crippen LogP contribution in [-0.2, 0) is 0 Å². The molecule has 1 saturated carbocycles. The lowest BCUT2D eigenvalue weighted by Crippen LogP contribution is -2.43. The van der Waals surface area contributed by atoms with Crippen molar-refractivity contribution in [1.82, 2.24) is 6.15 Å². The van der Waals surface area contributed by atoms with Crippen LogP contribution in [0.15, 0.2) is 0 Å². The van der Waals surface area contributed by atoms with Gasteiger partial charge in [0.05, 0.1) is 0 Å². The number of hydrogen-bond acceptors (Lipinski definition) is 3. The van der Waals surface area contributed by atoms with Crippen LogP contribution in [0.25, 0.3) is 0 Å². The monoisotopic (exact) mass is 131 g/mol. The molecule has 56 valence electrons. The van der Waals surface area contributed by atoms with Crippen molar-refractivity contribution < 1.29 is 0 Å². The van der Waals surface area contributed by atoms with Gasteiger partial charge in [-0.3, -0.25) is 0 Å². The normalized spacial score (nSPS) is 35.3. The van der Waals surface area contributed by atoms with Crippen molar-refractivity contribution in [2.24, 2.45) is 11.5 Å². The Hall–Kier alpha value is -0.120. The fourth-order valence-corrected chi connectivity index (χ4v) is 1.19. The lowest BCUT2D eigenvalue weighted by molar-refractivity contribution is 0.385. The summed E-state index contributed by atoms with van der Waals surface area (Å²) in [4.78, 5) is 0. The van der Waals surface area contributed by atoms with Crippen molar-refractivity contribution in [3.8, 4) is 0 Å². The lowest BCUT2D eigenvalue weighted by atomic mass is 9.92. The van der Waals surface area contributed by atoms with Gasteiger partial charge in [-0.1, -0.05) is 12.8 Å². The summed E-state index contributed by atoms with van der Waals surface area (Å²) in [6.07, 6.45) is 4.80. The molecule has 3 nitrogen and oxygen atoms in total. The van der Waals surface area contributed by atoms with Crippen LogP contribution in [-0.4, -0.2) is 12.1 Å². The van der Waals surface area contributed by atoms with E-state index in [2.05, 4.69) is 0 Å². The first-order valence-electron chi connectivity index (χ1n) is 3.32. The Morgan fingerprint density at radius 3 is 1.44 bits per heavy atom. The van der Waals surface area contributed by atoms with Gasteiger partial charge in [0.2, 0.25) is 0 Å². The second-order valence-corrected chi connectivity index (χ2v) is 2.61. The Kier molecular flexibility index (Phi) is 3.77. The van der Waals surface area contributed by atoms with Crippen LogP contribution in [0, 0.1) is 0 Å². The summed E-state index contributed by atoms with van der Waals surface area (Å²) in [5.41, 5.74) is 11.3. The van der Waals surface area contributed by atoms with Crippen LogP contribution >= 0.6 is 0 Å². The summed E-state index contributed by atoms with van der Waals surface area (Å²) in [6.45, 7) is 0. The molecule has 0 spiro atoms. The summed E-state index contributed by atoms with van der Waals surface area (Å²) in [6, 6.07) is 0.562. The van der Waals surface area contributed by atoms with Crippen LogP contribution in [0.3, 0.4) is 0 Å². The second kappa shape index (κ2) is 3.82. The third kappa shape index (κ3) is 2.30. The van der Waals surface area contributed by atoms with E-state index in [1.54, 1.807) is 0 Å². The molecule has 3 heteroatoms. The van der Waals surface area contributed by atoms with E-state index < -0.39 is 0 Å². The minimum atomic E-state index is 0. The highest BCUT2D eigenvalue weighted by molar-refractivity contribution is 4.79. The minimum absolute atomic E-state index is 0. The third-order valence-corrected chi connectivity index (χ3v) is 1.87. The van der Waals surface area contributed by atoms with Crippen molar-refractivity contribution in [1.29, 1.82) is 0 Å². The maximum Gasteiger partial charge on any atom is 0.0192 e. The Morgan fingerprint density at radius 1 is 0.889 bits per heavy atom. The van der Waals surface area contributed by atoms with Gasteiger partial charge in [0.25, 0.3) is 0 Å². The fraction of sp³-hybridized carbons (Fsp3) is 1.00. The smallest absolute Gasteiger partial charge is 0.0192 e. The average molecular weight is 131 g/mol. The van der Waals surface area contributed by atoms with Gasteiger partial charge >= 0.3 is 0 Å². The molecule has 0 bridgehead atoms. The molecule has 0 saturated heterocycles. The molecule has 1 fully saturated rings. The van der Waals surface area contributed by atoms with E-state index in [1.165, 1.54) is 12.8 Å². The van der Waals surface area contributed by atoms with E-state index in [0.717, 1.165) is 12.8 Å². The van der Waals surface area contributed by atoms with Gasteiger partial charge in [0.1, 0.15) is 0 Å². The highest BCUT2D eigenvalue weighted by Gasteiger charge is 2.16. The maximum absolute atomic E-state index is 5.65. The highest BCUT2D eigenvalue weighted by atomic mass is 14.8. The highest BCUT2D eigenvalue weighted by Crippen LogP contribution is 2.14. The van der Waals surface area contributed by atoms with Crippen LogP contribution < -0.4 is 17.6 Å². The number of rotatable bonds is 0. The molecule has 0 aliphatic heterocycles. The van der Waals surface area contributed by atoms with Crippen LogP contribution in [0.1, 0.15) is 25.7 Å². The molecule has 0 radical (unpaired) electrons. The molecule has 0 heterocycles. The van der Waals surface area contributed by atoms with Crippen molar-refractivity contribution >= 4 is 0 Å². The van der Waals surface area contributed by atoms with E-state index in [9.17, 15) is 0 Å². The second-order valence-electron chi connectivity index (χ2n) is 2.61. The zero-order valence-electron chi connectivity index (χ0n) is 5.84. The zero-order chi connectivity index (χ0) is 5.98. The van der Waals surface area contributed by atoms with Crippen molar-refractivity contribution in [2.75, 3.05) is 0 Å². The van der Waals surface area contributed by atoms with Gasteiger partial charge in [0.15, 0.2) is 0 Å². The Morgan fingerprint density at radius 2 is 1.22 bits per heavy atom. The molecular formula is C6H17N3. The molecule has 0 aromatic rings. The first-order chi connectivity index (χ1) is 3.80. The predicted molar refractivity (Wildman–Crippen MR) is 39.4 cm³/mol. The summed E-state index contributed by atoms with van der Waals surface area (Å²) >= 11 is 0. The summed E-state index contributed by atoms with van der Waals surface area (Å²) in [5.74, 6) is 0. The zero-order valence-corrected chi connectivity index (χ0v) is 5.84. The van der Waals surface area contributed by atoms with Gasteiger partial charge in [-0.25, -0.2) is 0 Å². The molecule has 0 amide bonds. The minimum Gasteiger partial charge on any atom is -0.344 e. The van der Waals surface area contributed by atoms with E-state index in [0.29, 0.717) is 0 Å². The van der Waals surface area contributed by atoms with E-state index in [-0.39, 0.29) is 18.2 Å². The van der Waals surface area contributed by atoms with Crippen LogP contribution in [0.5, 0.6) is 0 Å². The van der Waals surface area contributed by atoms with E-state index >= 15 is 0 Å². The average Bonchev–Trinajstić information content (AvgIpc) is 1.77. The van der Waals surface area contributed by atoms with Crippen molar-refractivity contribution in [3.05, 3.63) is 0 Å². The van der Waals surface area contributed by atoms with Gasteiger partial charge in [-0.05, 0) is 12.8 Å². The molecule has 7 N–H and O–H groups in total. The van der Waals surface area contributed by atoms with Crippen LogP contribution in [0.2, 0.25) is 0 Å². The largest absolute Gasteiger partial charge is 0.344 e. The topological polar surface area (TPSA) is 87.0 Å². The molecule has 2 unspecified atom stereocenters. The number of nitrogens with two attached hydrogens (primary N) is 2. The standard InChI is InChI=1S/C6H14N2.H3N/c7-5-3-1-2-4-6(5)8;/h5-6H,1-4,7-8H2;1H3. The molecule has 1 aliphatic rings. The molecule has 1 aliphatic carbocycles. The SMILES string of the molecule is N.NC1CCCCC1N. The molecule has 1 rings (SSSR count). The van der Waals surface area contributed by atoms with Crippen LogP contribution in [0.4, 0.5) is 0 Å². The van der Waals surface area contributed by atoms with Gasteiger partial charge in [0, 0.05) is 12.1 Å². The quantitative estimate of drug-likeness (QED) is 0.444. The Balaban J connectivity index is 0.000000640. The summed E-state index contributed by atoms with van der Waals surface area (Å²) in [5, 5.41) is 0. The van der Waals surface area contributed by atoms with Crippen molar-refractivity contribution in [2.45, 2.75) is 37.8 Å². The molecule has 0 aromatic heterocycles. The third-order valence-electron chi connectivity index (χ3n) is 1.87. The van der Waals surface area contributed by atoms with Gasteiger partial charge in [-0.15, -0.1) is 0 Å². The molecule has 2 atom stereocenters.